The van der Waals surface area contributed by atoms with Gasteiger partial charge in [-0.2, -0.15) is 0 Å². The second-order valence-corrected chi connectivity index (χ2v) is 13.2. The molecule has 152 valence electrons. The Bertz CT molecular complexity index is 748. The van der Waals surface area contributed by atoms with Crippen molar-refractivity contribution in [3.63, 3.8) is 0 Å². The fourth-order valence-electron chi connectivity index (χ4n) is 7.77. The summed E-state index contributed by atoms with van der Waals surface area (Å²) in [7, 11) is 0. The number of fused-ring (bicyclic) bond motifs is 5. The molecule has 2 nitrogen and oxygen atoms in total. The fraction of sp³-hybridized carbons (Fsp3) is 0.720. The molecule has 3 heteroatoms. The van der Waals surface area contributed by atoms with E-state index in [-0.39, 0.29) is 31.3 Å². The van der Waals surface area contributed by atoms with Crippen LogP contribution in [0.4, 0.5) is 0 Å². The van der Waals surface area contributed by atoms with Gasteiger partial charge in [-0.3, -0.25) is 0 Å². The molecule has 8 atom stereocenters. The number of hydrogen-bond donors (Lipinski definition) is 1. The van der Waals surface area contributed by atoms with Crippen LogP contribution in [0.15, 0.2) is 30.3 Å². The number of Topliss-reactive ketones (excluding diaryl/α,β-unsaturated/α-hetero) is 1. The van der Waals surface area contributed by atoms with Crippen LogP contribution in [0.25, 0.3) is 0 Å². The third kappa shape index (κ3) is 2.88. The van der Waals surface area contributed by atoms with Gasteiger partial charge in [-0.05, 0) is 0 Å². The summed E-state index contributed by atoms with van der Waals surface area (Å²) in [6.45, 7) is 4.85. The summed E-state index contributed by atoms with van der Waals surface area (Å²) in [6.07, 6.45) is 9.14. The van der Waals surface area contributed by atoms with E-state index in [4.69, 9.17) is 0 Å². The molecule has 0 saturated heterocycles. The molecule has 0 aromatic heterocycles. The third-order valence-corrected chi connectivity index (χ3v) is 12.0. The van der Waals surface area contributed by atoms with Crippen molar-refractivity contribution in [3.8, 4) is 0 Å². The Morgan fingerprint density at radius 2 is 1.75 bits per heavy atom. The first kappa shape index (κ1) is 19.3. The predicted octanol–water partition coefficient (Wildman–Crippen LogP) is 4.39. The maximum absolute atomic E-state index is 13.5. The minimum atomic E-state index is -0.0745. The summed E-state index contributed by atoms with van der Waals surface area (Å²) < 4.78 is 1.38. The molecule has 1 aromatic rings. The SMILES string of the molecule is C[C@]12CC[C@@H](O)C[C@H]1CC[C@@H]1[C@@H]2CC[C@]2(C)C(=O)C([Se]c3ccccc3)C[C@@H]12. The predicted molar refractivity (Wildman–Crippen MR) is 114 cm³/mol. The van der Waals surface area contributed by atoms with E-state index < -0.39 is 0 Å². The fourth-order valence-corrected chi connectivity index (χ4v) is 10.5. The number of ketones is 1. The minimum absolute atomic E-state index is 0.0697. The molecular weight excluding hydrogens is 411 g/mol. The molecule has 4 aliphatic rings. The number of hydrogen-bond acceptors (Lipinski definition) is 2. The van der Waals surface area contributed by atoms with Crippen LogP contribution in [-0.2, 0) is 4.79 Å². The average molecular weight is 446 g/mol. The Balaban J connectivity index is 1.39. The van der Waals surface area contributed by atoms with E-state index >= 15 is 0 Å². The monoisotopic (exact) mass is 446 g/mol. The van der Waals surface area contributed by atoms with Gasteiger partial charge in [-0.15, -0.1) is 0 Å². The van der Waals surface area contributed by atoms with E-state index in [1.54, 1.807) is 0 Å². The van der Waals surface area contributed by atoms with Crippen molar-refractivity contribution in [1.82, 2.24) is 0 Å². The summed E-state index contributed by atoms with van der Waals surface area (Å²) in [5, 5.41) is 10.2. The third-order valence-electron chi connectivity index (χ3n) is 9.37. The van der Waals surface area contributed by atoms with Crippen LogP contribution >= 0.6 is 0 Å². The second-order valence-electron chi connectivity index (χ2n) is 10.6. The summed E-state index contributed by atoms with van der Waals surface area (Å²) in [6, 6.07) is 10.7. The van der Waals surface area contributed by atoms with Crippen LogP contribution in [0.3, 0.4) is 0 Å². The average Bonchev–Trinajstić information content (AvgIpc) is 2.94. The van der Waals surface area contributed by atoms with Gasteiger partial charge in [0, 0.05) is 0 Å². The molecule has 1 N–H and O–H groups in total. The zero-order chi connectivity index (χ0) is 19.5. The van der Waals surface area contributed by atoms with E-state index in [2.05, 4.69) is 44.2 Å². The summed E-state index contributed by atoms with van der Waals surface area (Å²) in [5.41, 5.74) is 0.328. The first-order valence-corrected chi connectivity index (χ1v) is 13.2. The van der Waals surface area contributed by atoms with Crippen molar-refractivity contribution in [2.45, 2.75) is 76.1 Å². The van der Waals surface area contributed by atoms with Crippen molar-refractivity contribution >= 4 is 25.2 Å². The number of carbonyl (C=O) groups excluding carboxylic acids is 1. The molecule has 4 aliphatic carbocycles. The van der Waals surface area contributed by atoms with E-state index in [1.165, 1.54) is 30.1 Å². The number of aliphatic hydroxyl groups excluding tert-OH is 1. The topological polar surface area (TPSA) is 37.3 Å². The molecule has 0 aliphatic heterocycles. The molecule has 0 amide bonds. The van der Waals surface area contributed by atoms with Crippen molar-refractivity contribution in [2.24, 2.45) is 34.5 Å². The molecule has 4 saturated carbocycles. The second kappa shape index (κ2) is 6.96. The molecule has 1 unspecified atom stereocenters. The van der Waals surface area contributed by atoms with E-state index in [0.29, 0.717) is 23.0 Å². The first-order valence-electron chi connectivity index (χ1n) is 11.4. The Labute approximate surface area is 176 Å². The van der Waals surface area contributed by atoms with E-state index in [1.807, 2.05) is 0 Å². The Morgan fingerprint density at radius 1 is 0.964 bits per heavy atom. The molecule has 28 heavy (non-hydrogen) atoms. The Morgan fingerprint density at radius 3 is 2.54 bits per heavy atom. The molecule has 0 radical (unpaired) electrons. The standard InChI is InChI=1S/C25H34O2Se/c1-24-12-10-17(26)14-16(24)8-9-19-20(24)11-13-25(2)21(19)15-22(23(25)27)28-18-6-4-3-5-7-18/h3-7,16-17,19-22,26H,8-15H2,1-2H3/t16-,17-,19-,20+,21+,22?,24+,25+/m1/s1. The van der Waals surface area contributed by atoms with Crippen molar-refractivity contribution in [2.75, 3.05) is 0 Å². The number of carbonyl (C=O) groups is 1. The van der Waals surface area contributed by atoms with Crippen LogP contribution in [0.1, 0.15) is 65.2 Å². The van der Waals surface area contributed by atoms with Gasteiger partial charge in [-0.1, -0.05) is 0 Å². The normalized spacial score (nSPS) is 47.9. The Hall–Kier alpha value is -0.631. The van der Waals surface area contributed by atoms with Gasteiger partial charge in [0.25, 0.3) is 0 Å². The van der Waals surface area contributed by atoms with Gasteiger partial charge >= 0.3 is 176 Å². The molecule has 5 rings (SSSR count). The first-order chi connectivity index (χ1) is 13.4. The molecular formula is C25H34O2Se. The van der Waals surface area contributed by atoms with Gasteiger partial charge in [-0.25, -0.2) is 0 Å². The number of benzene rings is 1. The molecule has 4 fully saturated rings. The van der Waals surface area contributed by atoms with Gasteiger partial charge in [0.05, 0.1) is 0 Å². The molecule has 0 spiro atoms. The van der Waals surface area contributed by atoms with Crippen LogP contribution in [0, 0.1) is 34.5 Å². The van der Waals surface area contributed by atoms with Crippen molar-refractivity contribution in [1.29, 1.82) is 0 Å². The van der Waals surface area contributed by atoms with Crippen LogP contribution in [-0.4, -0.2) is 32.0 Å². The summed E-state index contributed by atoms with van der Waals surface area (Å²) in [4.78, 5) is 13.8. The quantitative estimate of drug-likeness (QED) is 0.686. The summed E-state index contributed by atoms with van der Waals surface area (Å²) >= 11 is 0.268. The number of aliphatic hydroxyl groups is 1. The van der Waals surface area contributed by atoms with Crippen molar-refractivity contribution in [3.05, 3.63) is 30.3 Å². The molecule has 1 aromatic carbocycles. The zero-order valence-corrected chi connectivity index (χ0v) is 19.0. The van der Waals surface area contributed by atoms with Crippen LogP contribution < -0.4 is 4.46 Å². The van der Waals surface area contributed by atoms with Crippen LogP contribution in [0.2, 0.25) is 4.82 Å². The van der Waals surface area contributed by atoms with Crippen LogP contribution in [0.5, 0.6) is 0 Å². The maximum atomic E-state index is 13.5. The van der Waals surface area contributed by atoms with Gasteiger partial charge in [0.1, 0.15) is 0 Å². The van der Waals surface area contributed by atoms with E-state index in [0.717, 1.165) is 37.5 Å². The number of rotatable bonds is 2. The molecule has 0 heterocycles. The van der Waals surface area contributed by atoms with Gasteiger partial charge < -0.3 is 0 Å². The van der Waals surface area contributed by atoms with Gasteiger partial charge in [0.2, 0.25) is 0 Å². The van der Waals surface area contributed by atoms with Crippen molar-refractivity contribution < 1.29 is 9.90 Å². The van der Waals surface area contributed by atoms with Gasteiger partial charge in [0.15, 0.2) is 0 Å². The zero-order valence-electron chi connectivity index (χ0n) is 17.3. The molecule has 0 bridgehead atoms. The summed E-state index contributed by atoms with van der Waals surface area (Å²) in [5.74, 6) is 3.39. The Kier molecular flexibility index (Phi) is 4.81. The van der Waals surface area contributed by atoms with E-state index in [9.17, 15) is 9.90 Å².